The molecule has 0 atom stereocenters. The third-order valence-electron chi connectivity index (χ3n) is 3.77. The lowest BCUT2D eigenvalue weighted by molar-refractivity contribution is -0.141. The molecule has 0 spiro atoms. The van der Waals surface area contributed by atoms with Gasteiger partial charge in [0.25, 0.3) is 0 Å². The van der Waals surface area contributed by atoms with Gasteiger partial charge in [0.2, 0.25) is 5.91 Å². The minimum Gasteiger partial charge on any atom is -0.392 e. The summed E-state index contributed by atoms with van der Waals surface area (Å²) in [6, 6.07) is 6.13. The van der Waals surface area contributed by atoms with Gasteiger partial charge in [0, 0.05) is 13.6 Å². The van der Waals surface area contributed by atoms with Gasteiger partial charge in [-0.25, -0.2) is 4.39 Å². The lowest BCUT2D eigenvalue weighted by Gasteiger charge is -2.41. The van der Waals surface area contributed by atoms with Crippen molar-refractivity contribution >= 4 is 23.1 Å². The lowest BCUT2D eigenvalue weighted by atomic mass is 9.67. The van der Waals surface area contributed by atoms with Crippen molar-refractivity contribution in [1.82, 2.24) is 4.90 Å². The van der Waals surface area contributed by atoms with Gasteiger partial charge in [-0.2, -0.15) is 0 Å². The summed E-state index contributed by atoms with van der Waals surface area (Å²) in [5, 5.41) is 0. The standard InChI is InChI=1S/C14H17FN2OS/c1-17(9-10-3-5-11(15)6-4-10)13(18)14(12(16)19)7-2-8-14/h3-6H,2,7-9H2,1H3,(H2,16,19). The zero-order valence-electron chi connectivity index (χ0n) is 10.9. The van der Waals surface area contributed by atoms with E-state index in [1.807, 2.05) is 0 Å². The minimum absolute atomic E-state index is 0.0319. The van der Waals surface area contributed by atoms with Crippen LogP contribution in [-0.4, -0.2) is 22.8 Å². The van der Waals surface area contributed by atoms with Crippen molar-refractivity contribution < 1.29 is 9.18 Å². The van der Waals surface area contributed by atoms with Crippen LogP contribution >= 0.6 is 12.2 Å². The van der Waals surface area contributed by atoms with E-state index < -0.39 is 5.41 Å². The van der Waals surface area contributed by atoms with Crippen molar-refractivity contribution in [3.05, 3.63) is 35.6 Å². The molecule has 1 fully saturated rings. The molecule has 1 amide bonds. The predicted molar refractivity (Wildman–Crippen MR) is 75.9 cm³/mol. The van der Waals surface area contributed by atoms with Gasteiger partial charge in [-0.1, -0.05) is 30.8 Å². The maximum atomic E-state index is 12.8. The number of carbonyl (C=O) groups is 1. The third kappa shape index (κ3) is 2.61. The molecule has 0 radical (unpaired) electrons. The molecule has 2 rings (SSSR count). The van der Waals surface area contributed by atoms with Crippen LogP contribution in [-0.2, 0) is 11.3 Å². The van der Waals surface area contributed by atoms with E-state index in [-0.39, 0.29) is 16.7 Å². The Hall–Kier alpha value is -1.49. The Morgan fingerprint density at radius 1 is 1.42 bits per heavy atom. The number of halogens is 1. The van der Waals surface area contributed by atoms with Crippen LogP contribution in [0.15, 0.2) is 24.3 Å². The molecule has 1 aromatic rings. The van der Waals surface area contributed by atoms with Gasteiger partial charge in [-0.3, -0.25) is 4.79 Å². The fraction of sp³-hybridized carbons (Fsp3) is 0.429. The molecule has 0 unspecified atom stereocenters. The molecule has 0 bridgehead atoms. The normalized spacial score (nSPS) is 16.5. The first kappa shape index (κ1) is 13.9. The largest absolute Gasteiger partial charge is 0.392 e. The molecular weight excluding hydrogens is 263 g/mol. The van der Waals surface area contributed by atoms with E-state index in [2.05, 4.69) is 0 Å². The van der Waals surface area contributed by atoms with Gasteiger partial charge in [0.05, 0.1) is 10.4 Å². The van der Waals surface area contributed by atoms with E-state index in [0.717, 1.165) is 24.8 Å². The second kappa shape index (κ2) is 5.25. The summed E-state index contributed by atoms with van der Waals surface area (Å²) < 4.78 is 12.8. The summed E-state index contributed by atoms with van der Waals surface area (Å²) >= 11 is 5.04. The Bertz CT molecular complexity index is 497. The zero-order chi connectivity index (χ0) is 14.0. The summed E-state index contributed by atoms with van der Waals surface area (Å²) in [4.78, 5) is 14.3. The molecular formula is C14H17FN2OS. The van der Waals surface area contributed by atoms with Gasteiger partial charge >= 0.3 is 0 Å². The minimum atomic E-state index is -0.649. The summed E-state index contributed by atoms with van der Waals surface area (Å²) in [6.45, 7) is 0.434. The Balaban J connectivity index is 2.07. The van der Waals surface area contributed by atoms with Crippen molar-refractivity contribution in [2.24, 2.45) is 11.1 Å². The van der Waals surface area contributed by atoms with Gasteiger partial charge in [0.1, 0.15) is 5.82 Å². The fourth-order valence-electron chi connectivity index (χ4n) is 2.40. The highest BCUT2D eigenvalue weighted by molar-refractivity contribution is 7.80. The topological polar surface area (TPSA) is 46.3 Å². The first-order valence-corrected chi connectivity index (χ1v) is 6.66. The first-order chi connectivity index (χ1) is 8.95. The molecule has 102 valence electrons. The van der Waals surface area contributed by atoms with Gasteiger partial charge in [-0.15, -0.1) is 0 Å². The van der Waals surface area contributed by atoms with Crippen LogP contribution in [0.2, 0.25) is 0 Å². The van der Waals surface area contributed by atoms with Crippen molar-refractivity contribution in [1.29, 1.82) is 0 Å². The maximum Gasteiger partial charge on any atom is 0.235 e. The highest BCUT2D eigenvalue weighted by Gasteiger charge is 2.48. The Labute approximate surface area is 117 Å². The average molecular weight is 280 g/mol. The van der Waals surface area contributed by atoms with E-state index in [1.165, 1.54) is 12.1 Å². The Morgan fingerprint density at radius 3 is 2.42 bits per heavy atom. The Morgan fingerprint density at radius 2 is 2.00 bits per heavy atom. The number of carbonyl (C=O) groups excluding carboxylic acids is 1. The highest BCUT2D eigenvalue weighted by Crippen LogP contribution is 2.42. The SMILES string of the molecule is CN(Cc1ccc(F)cc1)C(=O)C1(C(N)=S)CCC1. The Kier molecular flexibility index (Phi) is 3.85. The molecule has 5 heteroatoms. The second-order valence-corrected chi connectivity index (χ2v) is 5.53. The van der Waals surface area contributed by atoms with E-state index in [0.29, 0.717) is 6.54 Å². The number of amides is 1. The van der Waals surface area contributed by atoms with Gasteiger partial charge < -0.3 is 10.6 Å². The number of hydrogen-bond donors (Lipinski definition) is 1. The van der Waals surface area contributed by atoms with Crippen LogP contribution in [0.4, 0.5) is 4.39 Å². The smallest absolute Gasteiger partial charge is 0.235 e. The average Bonchev–Trinajstić information content (AvgIpc) is 2.30. The zero-order valence-corrected chi connectivity index (χ0v) is 11.7. The van der Waals surface area contributed by atoms with E-state index in [4.69, 9.17) is 18.0 Å². The number of nitrogens with zero attached hydrogens (tertiary/aromatic N) is 1. The molecule has 0 aromatic heterocycles. The first-order valence-electron chi connectivity index (χ1n) is 6.25. The molecule has 1 aliphatic carbocycles. The van der Waals surface area contributed by atoms with Crippen LogP contribution in [0.3, 0.4) is 0 Å². The summed E-state index contributed by atoms with van der Waals surface area (Å²) in [5.41, 5.74) is 5.95. The summed E-state index contributed by atoms with van der Waals surface area (Å²) in [6.07, 6.45) is 2.44. The molecule has 0 aliphatic heterocycles. The monoisotopic (exact) mass is 280 g/mol. The molecule has 0 heterocycles. The van der Waals surface area contributed by atoms with Crippen molar-refractivity contribution in [2.75, 3.05) is 7.05 Å². The van der Waals surface area contributed by atoms with Crippen LogP contribution < -0.4 is 5.73 Å². The molecule has 19 heavy (non-hydrogen) atoms. The molecule has 2 N–H and O–H groups in total. The van der Waals surface area contributed by atoms with Crippen LogP contribution in [0.5, 0.6) is 0 Å². The summed E-state index contributed by atoms with van der Waals surface area (Å²) in [5.74, 6) is -0.313. The lowest BCUT2D eigenvalue weighted by Crippen LogP contribution is -2.53. The molecule has 1 saturated carbocycles. The second-order valence-electron chi connectivity index (χ2n) is 5.09. The molecule has 3 nitrogen and oxygen atoms in total. The predicted octanol–water partition coefficient (Wildman–Crippen LogP) is 2.24. The summed E-state index contributed by atoms with van der Waals surface area (Å²) in [7, 11) is 1.73. The van der Waals surface area contributed by atoms with E-state index in [1.54, 1.807) is 24.1 Å². The van der Waals surface area contributed by atoms with Gasteiger partial charge in [-0.05, 0) is 30.5 Å². The van der Waals surface area contributed by atoms with Crippen molar-refractivity contribution in [3.63, 3.8) is 0 Å². The van der Waals surface area contributed by atoms with Crippen molar-refractivity contribution in [3.8, 4) is 0 Å². The third-order valence-corrected chi connectivity index (χ3v) is 4.16. The van der Waals surface area contributed by atoms with Crippen LogP contribution in [0.25, 0.3) is 0 Å². The number of hydrogen-bond acceptors (Lipinski definition) is 2. The molecule has 0 saturated heterocycles. The van der Waals surface area contributed by atoms with Crippen molar-refractivity contribution in [2.45, 2.75) is 25.8 Å². The number of benzene rings is 1. The quantitative estimate of drug-likeness (QED) is 0.860. The van der Waals surface area contributed by atoms with Crippen LogP contribution in [0, 0.1) is 11.2 Å². The maximum absolute atomic E-state index is 12.8. The highest BCUT2D eigenvalue weighted by atomic mass is 32.1. The van der Waals surface area contributed by atoms with E-state index >= 15 is 0 Å². The fourth-order valence-corrected chi connectivity index (χ4v) is 2.69. The molecule has 1 aliphatic rings. The van der Waals surface area contributed by atoms with Gasteiger partial charge in [0.15, 0.2) is 0 Å². The molecule has 1 aromatic carbocycles. The number of nitrogens with two attached hydrogens (primary N) is 1. The number of thiocarbonyl (C=S) groups is 1. The van der Waals surface area contributed by atoms with Crippen LogP contribution in [0.1, 0.15) is 24.8 Å². The van der Waals surface area contributed by atoms with E-state index in [9.17, 15) is 9.18 Å². The number of rotatable bonds is 4.